The lowest BCUT2D eigenvalue weighted by molar-refractivity contribution is -0.319. The van der Waals surface area contributed by atoms with E-state index in [9.17, 15) is 19.5 Å². The molecule has 8 atom stereocenters. The van der Waals surface area contributed by atoms with Crippen LogP contribution in [-0.4, -0.2) is 97.6 Å². The van der Waals surface area contributed by atoms with Gasteiger partial charge in [-0.3, -0.25) is 9.59 Å². The first-order chi connectivity index (χ1) is 27.3. The molecule has 0 aliphatic carbocycles. The maximum absolute atomic E-state index is 14.2. The van der Waals surface area contributed by atoms with Gasteiger partial charge in [0.1, 0.15) is 36.8 Å². The highest BCUT2D eigenvalue weighted by molar-refractivity contribution is 6.02. The summed E-state index contributed by atoms with van der Waals surface area (Å²) < 4.78 is 42.8. The predicted molar refractivity (Wildman–Crippen MR) is 205 cm³/mol. The Morgan fingerprint density at radius 2 is 1.45 bits per heavy atom. The minimum atomic E-state index is -1.17. The second kappa shape index (κ2) is 19.9. The molecule has 3 heterocycles. The van der Waals surface area contributed by atoms with Crippen LogP contribution in [0.25, 0.3) is 0 Å². The highest BCUT2D eigenvalue weighted by Gasteiger charge is 2.49. The Kier molecular flexibility index (Phi) is 14.6. The van der Waals surface area contributed by atoms with Crippen molar-refractivity contribution in [1.29, 1.82) is 0 Å². The number of aliphatic hydroxyl groups excluding tert-OH is 1. The van der Waals surface area contributed by atoms with E-state index in [1.807, 2.05) is 105 Å². The van der Waals surface area contributed by atoms with Crippen LogP contribution in [0.1, 0.15) is 37.0 Å². The summed E-state index contributed by atoms with van der Waals surface area (Å²) in [6.07, 6.45) is -0.347. The largest absolute Gasteiger partial charge is 0.482 e. The molecule has 3 aliphatic rings. The number of methoxy groups -OCH3 is 1. The standard InChI is InChI=1S/C44H51NO11/c1-29(2)35-28-54-44(49)45(35)42(48)34(24-30-14-7-4-8-15-30)38-36(47)22-21-33(55-38)20-13-23-51-41-40(53-27-32-18-11-6-12-19-32)39(37(25-46)56-43(41)50-3)52-26-31-16-9-5-10-17-31/h4-12,14-22,29,34-35,37-41,43,46H,13,23-28H2,1-3H3/t34-,35+,37-,38-,39-,40+,41+,43+/m1/s1. The molecule has 6 rings (SSSR count). The number of amides is 2. The molecule has 56 heavy (non-hydrogen) atoms. The van der Waals surface area contributed by atoms with Crippen LogP contribution < -0.4 is 0 Å². The van der Waals surface area contributed by atoms with Gasteiger partial charge in [-0.2, -0.15) is 0 Å². The summed E-state index contributed by atoms with van der Waals surface area (Å²) in [6, 6.07) is 28.3. The fourth-order valence-electron chi connectivity index (χ4n) is 7.17. The molecular weight excluding hydrogens is 718 g/mol. The zero-order chi connectivity index (χ0) is 39.4. The minimum Gasteiger partial charge on any atom is -0.482 e. The van der Waals surface area contributed by atoms with E-state index >= 15 is 0 Å². The van der Waals surface area contributed by atoms with Crippen molar-refractivity contribution in [1.82, 2.24) is 4.90 Å². The van der Waals surface area contributed by atoms with Crippen LogP contribution in [-0.2, 0) is 62.4 Å². The number of imide groups is 1. The molecule has 0 bridgehead atoms. The molecule has 0 unspecified atom stereocenters. The molecule has 3 aliphatic heterocycles. The van der Waals surface area contributed by atoms with Gasteiger partial charge in [-0.15, -0.1) is 0 Å². The number of cyclic esters (lactones) is 1. The highest BCUT2D eigenvalue weighted by Crippen LogP contribution is 2.32. The van der Waals surface area contributed by atoms with Gasteiger partial charge in [0, 0.05) is 7.11 Å². The van der Waals surface area contributed by atoms with Gasteiger partial charge in [-0.1, -0.05) is 105 Å². The van der Waals surface area contributed by atoms with Crippen LogP contribution in [0.3, 0.4) is 0 Å². The summed E-state index contributed by atoms with van der Waals surface area (Å²) >= 11 is 0. The van der Waals surface area contributed by atoms with Crippen molar-refractivity contribution in [2.75, 3.05) is 26.9 Å². The van der Waals surface area contributed by atoms with E-state index in [1.165, 1.54) is 13.2 Å². The summed E-state index contributed by atoms with van der Waals surface area (Å²) in [5, 5.41) is 10.4. The maximum Gasteiger partial charge on any atom is 0.416 e. The Morgan fingerprint density at radius 3 is 2.04 bits per heavy atom. The number of benzene rings is 3. The molecule has 3 aromatic carbocycles. The Bertz CT molecular complexity index is 1780. The van der Waals surface area contributed by atoms with E-state index in [-0.39, 0.29) is 51.2 Å². The van der Waals surface area contributed by atoms with Gasteiger partial charge in [0.15, 0.2) is 18.2 Å². The fraction of sp³-hybridized carbons (Fsp3) is 0.432. The van der Waals surface area contributed by atoms with Gasteiger partial charge in [-0.05, 0) is 53.7 Å². The number of ether oxygens (including phenoxy) is 7. The van der Waals surface area contributed by atoms with Gasteiger partial charge < -0.3 is 38.3 Å². The second-order valence-corrected chi connectivity index (χ2v) is 14.4. The van der Waals surface area contributed by atoms with Crippen molar-refractivity contribution in [2.24, 2.45) is 11.8 Å². The van der Waals surface area contributed by atoms with E-state index in [0.717, 1.165) is 21.6 Å². The molecule has 12 nitrogen and oxygen atoms in total. The number of hydrogen-bond acceptors (Lipinski definition) is 11. The summed E-state index contributed by atoms with van der Waals surface area (Å²) in [7, 11) is 1.51. The Hall–Kier alpha value is -4.69. The molecule has 2 amide bonds. The molecule has 0 spiro atoms. The molecule has 1 N–H and O–H groups in total. The number of carbonyl (C=O) groups excluding carboxylic acids is 3. The summed E-state index contributed by atoms with van der Waals surface area (Å²) in [4.78, 5) is 41.5. The molecular formula is C44H51NO11. The van der Waals surface area contributed by atoms with Gasteiger partial charge >= 0.3 is 6.09 Å². The van der Waals surface area contributed by atoms with Gasteiger partial charge in [0.25, 0.3) is 0 Å². The third-order valence-electron chi connectivity index (χ3n) is 10.2. The lowest BCUT2D eigenvalue weighted by atomic mass is 9.88. The SMILES string of the molecule is CO[C@H]1O[C@H](CO)[C@@H](OCc2ccccc2)[C@H](OCc2ccccc2)[C@@H]1OCCC=C1C=CC(=O)[C@@H]([C@@H](Cc2ccccc2)C(=O)N2C(=O)OC[C@H]2C(C)C)O1. The smallest absolute Gasteiger partial charge is 0.416 e. The topological polar surface area (TPSA) is 139 Å². The Morgan fingerprint density at radius 1 is 0.839 bits per heavy atom. The summed E-state index contributed by atoms with van der Waals surface area (Å²) in [6.45, 7) is 4.32. The van der Waals surface area contributed by atoms with Crippen LogP contribution >= 0.6 is 0 Å². The Balaban J connectivity index is 1.18. The fourth-order valence-corrected chi connectivity index (χ4v) is 7.17. The lowest BCUT2D eigenvalue weighted by Gasteiger charge is -2.45. The zero-order valence-corrected chi connectivity index (χ0v) is 32.0. The van der Waals surface area contributed by atoms with Gasteiger partial charge in [0.2, 0.25) is 5.91 Å². The minimum absolute atomic E-state index is 0.0445. The van der Waals surface area contributed by atoms with Crippen molar-refractivity contribution in [3.05, 3.63) is 132 Å². The number of nitrogens with zero attached hydrogens (tertiary/aromatic N) is 1. The zero-order valence-electron chi connectivity index (χ0n) is 32.0. The van der Waals surface area contributed by atoms with E-state index in [1.54, 1.807) is 12.2 Å². The monoisotopic (exact) mass is 769 g/mol. The first kappa shape index (κ1) is 41.0. The maximum atomic E-state index is 14.2. The number of rotatable bonds is 17. The third kappa shape index (κ3) is 10.2. The van der Waals surface area contributed by atoms with Crippen molar-refractivity contribution in [2.45, 2.75) is 82.8 Å². The molecule has 298 valence electrons. The molecule has 0 radical (unpaired) electrons. The van der Waals surface area contributed by atoms with Gasteiger partial charge in [-0.25, -0.2) is 9.69 Å². The quantitative estimate of drug-likeness (QED) is 0.173. The number of aliphatic hydroxyl groups is 1. The van der Waals surface area contributed by atoms with Crippen LogP contribution in [0, 0.1) is 11.8 Å². The van der Waals surface area contributed by atoms with Crippen LogP contribution in [0.5, 0.6) is 0 Å². The third-order valence-corrected chi connectivity index (χ3v) is 10.2. The van der Waals surface area contributed by atoms with E-state index in [0.29, 0.717) is 12.2 Å². The number of allylic oxidation sites excluding steroid dienone is 1. The average Bonchev–Trinajstić information content (AvgIpc) is 3.63. The van der Waals surface area contributed by atoms with Crippen molar-refractivity contribution in [3.63, 3.8) is 0 Å². The molecule has 0 aromatic heterocycles. The lowest BCUT2D eigenvalue weighted by Crippen LogP contribution is -2.61. The first-order valence-corrected chi connectivity index (χ1v) is 19.1. The average molecular weight is 770 g/mol. The first-order valence-electron chi connectivity index (χ1n) is 19.1. The van der Waals surface area contributed by atoms with Crippen LogP contribution in [0.15, 0.2) is 115 Å². The molecule has 0 saturated carbocycles. The predicted octanol–water partition coefficient (Wildman–Crippen LogP) is 5.57. The van der Waals surface area contributed by atoms with E-state index < -0.39 is 60.8 Å². The second-order valence-electron chi connectivity index (χ2n) is 14.4. The Labute approximate surface area is 327 Å². The van der Waals surface area contributed by atoms with Crippen LogP contribution in [0.4, 0.5) is 4.79 Å². The summed E-state index contributed by atoms with van der Waals surface area (Å²) in [5.74, 6) is -1.53. The van der Waals surface area contributed by atoms with Crippen molar-refractivity contribution in [3.8, 4) is 0 Å². The van der Waals surface area contributed by atoms with E-state index in [4.69, 9.17) is 33.2 Å². The van der Waals surface area contributed by atoms with Gasteiger partial charge in [0.05, 0.1) is 38.4 Å². The highest BCUT2D eigenvalue weighted by atomic mass is 16.7. The molecule has 2 saturated heterocycles. The number of carbonyl (C=O) groups is 3. The molecule has 3 aromatic rings. The van der Waals surface area contributed by atoms with Crippen LogP contribution in [0.2, 0.25) is 0 Å². The normalized spacial score (nSPS) is 26.3. The van der Waals surface area contributed by atoms with Crippen molar-refractivity contribution >= 4 is 17.8 Å². The van der Waals surface area contributed by atoms with E-state index in [2.05, 4.69) is 0 Å². The number of ketones is 1. The van der Waals surface area contributed by atoms with Crippen molar-refractivity contribution < 1.29 is 52.6 Å². The number of hydrogen-bond donors (Lipinski definition) is 1. The molecule has 12 heteroatoms. The summed E-state index contributed by atoms with van der Waals surface area (Å²) in [5.41, 5.74) is 2.73. The molecule has 2 fully saturated rings.